The van der Waals surface area contributed by atoms with Gasteiger partial charge in [-0.2, -0.15) is 0 Å². The van der Waals surface area contributed by atoms with E-state index in [-0.39, 0.29) is 35.4 Å². The van der Waals surface area contributed by atoms with E-state index >= 15 is 4.39 Å². The Balaban J connectivity index is 1.65. The predicted molar refractivity (Wildman–Crippen MR) is 118 cm³/mol. The van der Waals surface area contributed by atoms with Crippen molar-refractivity contribution in [2.75, 3.05) is 20.5 Å². The van der Waals surface area contributed by atoms with Gasteiger partial charge < -0.3 is 23.4 Å². The summed E-state index contributed by atoms with van der Waals surface area (Å²) >= 11 is 0. The topological polar surface area (TPSA) is 66.5 Å². The lowest BCUT2D eigenvalue weighted by atomic mass is 9.95. The molecule has 0 spiro atoms. The highest BCUT2D eigenvalue weighted by atomic mass is 28.4. The zero-order valence-corrected chi connectivity index (χ0v) is 20.8. The molecule has 1 saturated heterocycles. The molecule has 1 aromatic rings. The van der Waals surface area contributed by atoms with Gasteiger partial charge in [-0.15, -0.1) is 0 Å². The van der Waals surface area contributed by atoms with Gasteiger partial charge in [0.1, 0.15) is 42.3 Å². The van der Waals surface area contributed by atoms with Crippen LogP contribution < -0.4 is 4.74 Å². The highest BCUT2D eigenvalue weighted by Gasteiger charge is 2.49. The van der Waals surface area contributed by atoms with Crippen LogP contribution in [-0.4, -0.2) is 58.5 Å². The molecule has 1 fully saturated rings. The molecular formula is C23H35FO6Si. The molecular weight excluding hydrogens is 419 g/mol. The number of ketones is 1. The Labute approximate surface area is 185 Å². The standard InChI is InChI=1S/C23H35FO6Si/c1-22(2,3)31(7,8)28-12-17-21(30-17)20(25)14-9-10-16-15(19(14)24)11-18(29-16)23(4,5)27-13-26-6/h9-10,17-18,21H,11-13H2,1-8H3/t17-,18-,21-/m1/s1. The van der Waals surface area contributed by atoms with E-state index in [0.29, 0.717) is 24.3 Å². The lowest BCUT2D eigenvalue weighted by Crippen LogP contribution is -2.42. The Hall–Kier alpha value is -1.32. The van der Waals surface area contributed by atoms with Crippen molar-refractivity contribution in [2.45, 2.75) is 83.1 Å². The number of rotatable bonds is 9. The summed E-state index contributed by atoms with van der Waals surface area (Å²) in [6.45, 7) is 15.0. The van der Waals surface area contributed by atoms with Crippen molar-refractivity contribution in [3.8, 4) is 5.75 Å². The molecule has 8 heteroatoms. The maximum absolute atomic E-state index is 15.2. The summed E-state index contributed by atoms with van der Waals surface area (Å²) in [5.74, 6) is -0.433. The van der Waals surface area contributed by atoms with Gasteiger partial charge in [-0.25, -0.2) is 4.39 Å². The highest BCUT2D eigenvalue weighted by Crippen LogP contribution is 2.40. The van der Waals surface area contributed by atoms with Crippen molar-refractivity contribution in [1.29, 1.82) is 0 Å². The van der Waals surface area contributed by atoms with Gasteiger partial charge in [-0.1, -0.05) is 20.8 Å². The third kappa shape index (κ3) is 5.03. The molecule has 1 aromatic carbocycles. The Morgan fingerprint density at radius 2 is 1.90 bits per heavy atom. The summed E-state index contributed by atoms with van der Waals surface area (Å²) < 4.78 is 43.5. The van der Waals surface area contributed by atoms with Crippen molar-refractivity contribution in [3.05, 3.63) is 29.1 Å². The zero-order valence-electron chi connectivity index (χ0n) is 19.8. The van der Waals surface area contributed by atoms with Crippen LogP contribution in [0.4, 0.5) is 4.39 Å². The number of halogens is 1. The van der Waals surface area contributed by atoms with E-state index in [2.05, 4.69) is 33.9 Å². The molecule has 0 unspecified atom stereocenters. The minimum atomic E-state index is -1.93. The summed E-state index contributed by atoms with van der Waals surface area (Å²) in [5.41, 5.74) is -0.227. The van der Waals surface area contributed by atoms with Crippen molar-refractivity contribution < 1.29 is 32.6 Å². The van der Waals surface area contributed by atoms with Crippen LogP contribution in [0.15, 0.2) is 12.1 Å². The zero-order chi connectivity index (χ0) is 23.2. The lowest BCUT2D eigenvalue weighted by molar-refractivity contribution is -0.149. The number of ether oxygens (including phenoxy) is 4. The fourth-order valence-corrected chi connectivity index (χ4v) is 4.34. The van der Waals surface area contributed by atoms with Gasteiger partial charge in [-0.3, -0.25) is 4.79 Å². The molecule has 3 atom stereocenters. The fraction of sp³-hybridized carbons (Fsp3) is 0.696. The molecule has 0 aliphatic carbocycles. The predicted octanol–water partition coefficient (Wildman–Crippen LogP) is 4.50. The van der Waals surface area contributed by atoms with E-state index < -0.39 is 25.8 Å². The van der Waals surface area contributed by atoms with Gasteiger partial charge in [0.15, 0.2) is 14.1 Å². The van der Waals surface area contributed by atoms with Crippen molar-refractivity contribution >= 4 is 14.1 Å². The molecule has 0 N–H and O–H groups in total. The summed E-state index contributed by atoms with van der Waals surface area (Å²) in [6.07, 6.45) is -1.03. The first-order valence-electron chi connectivity index (χ1n) is 10.7. The first-order chi connectivity index (χ1) is 14.3. The molecule has 2 aliphatic rings. The quantitative estimate of drug-likeness (QED) is 0.237. The number of hydrogen-bond acceptors (Lipinski definition) is 6. The maximum atomic E-state index is 15.2. The molecule has 2 aliphatic heterocycles. The van der Waals surface area contributed by atoms with Crippen molar-refractivity contribution in [3.63, 3.8) is 0 Å². The van der Waals surface area contributed by atoms with Crippen LogP contribution in [0, 0.1) is 5.82 Å². The van der Waals surface area contributed by atoms with Crippen molar-refractivity contribution in [1.82, 2.24) is 0 Å². The van der Waals surface area contributed by atoms with Gasteiger partial charge in [0.25, 0.3) is 0 Å². The average Bonchev–Trinajstić information content (AvgIpc) is 3.31. The Bertz CT molecular complexity index is 832. The van der Waals surface area contributed by atoms with E-state index in [1.54, 1.807) is 13.2 Å². The Morgan fingerprint density at radius 1 is 1.23 bits per heavy atom. The summed E-state index contributed by atoms with van der Waals surface area (Å²) in [4.78, 5) is 12.9. The van der Waals surface area contributed by atoms with Crippen LogP contribution in [0.5, 0.6) is 5.75 Å². The number of methoxy groups -OCH3 is 1. The van der Waals surface area contributed by atoms with Crippen LogP contribution in [0.25, 0.3) is 0 Å². The molecule has 0 radical (unpaired) electrons. The summed E-state index contributed by atoms with van der Waals surface area (Å²) in [6, 6.07) is 3.14. The highest BCUT2D eigenvalue weighted by molar-refractivity contribution is 6.74. The number of epoxide rings is 1. The molecule has 31 heavy (non-hydrogen) atoms. The largest absolute Gasteiger partial charge is 0.487 e. The molecule has 6 nitrogen and oxygen atoms in total. The number of carbonyl (C=O) groups is 1. The van der Waals surface area contributed by atoms with E-state index in [1.165, 1.54) is 6.07 Å². The average molecular weight is 455 g/mol. The molecule has 174 valence electrons. The molecule has 0 saturated carbocycles. The molecule has 0 amide bonds. The molecule has 0 bridgehead atoms. The Kier molecular flexibility index (Phi) is 6.71. The number of fused-ring (bicyclic) bond motifs is 1. The minimum absolute atomic E-state index is 0.0402. The SMILES string of the molecule is COCOC(C)(C)[C@H]1Cc2c(ccc(C(=O)[C@@H]3O[C@@H]3CO[Si](C)(C)C(C)(C)C)c2F)O1. The lowest BCUT2D eigenvalue weighted by Gasteiger charge is -2.35. The fourth-order valence-electron chi connectivity index (χ4n) is 3.33. The van der Waals surface area contributed by atoms with Gasteiger partial charge in [0.05, 0.1) is 12.2 Å². The molecule has 3 rings (SSSR count). The van der Waals surface area contributed by atoms with E-state index in [4.69, 9.17) is 23.4 Å². The third-order valence-electron chi connectivity index (χ3n) is 6.70. The Morgan fingerprint density at radius 3 is 2.52 bits per heavy atom. The number of hydrogen-bond donors (Lipinski definition) is 0. The van der Waals surface area contributed by atoms with Gasteiger partial charge in [0.2, 0.25) is 0 Å². The molecule has 0 aromatic heterocycles. The third-order valence-corrected chi connectivity index (χ3v) is 11.2. The van der Waals surface area contributed by atoms with E-state index in [0.717, 1.165) is 0 Å². The normalized spacial score (nSPS) is 23.5. The van der Waals surface area contributed by atoms with Gasteiger partial charge in [-0.05, 0) is 44.1 Å². The number of Topliss-reactive ketones (excluding diaryl/α,β-unsaturated/α-hetero) is 1. The maximum Gasteiger partial charge on any atom is 0.197 e. The first-order valence-corrected chi connectivity index (χ1v) is 13.6. The molecule has 2 heterocycles. The van der Waals surface area contributed by atoms with Gasteiger partial charge in [0, 0.05) is 19.1 Å². The van der Waals surface area contributed by atoms with Crippen LogP contribution in [-0.2, 0) is 25.1 Å². The monoisotopic (exact) mass is 454 g/mol. The second-order valence-corrected chi connectivity index (χ2v) is 15.2. The van der Waals surface area contributed by atoms with E-state index in [1.807, 2.05) is 13.8 Å². The summed E-state index contributed by atoms with van der Waals surface area (Å²) in [7, 11) is -0.390. The second-order valence-electron chi connectivity index (χ2n) is 10.4. The van der Waals surface area contributed by atoms with Gasteiger partial charge >= 0.3 is 0 Å². The second kappa shape index (κ2) is 8.55. The van der Waals surface area contributed by atoms with Crippen LogP contribution in [0.2, 0.25) is 18.1 Å². The first kappa shape index (κ1) is 24.3. The van der Waals surface area contributed by atoms with Crippen LogP contribution in [0.1, 0.15) is 50.5 Å². The minimum Gasteiger partial charge on any atom is -0.487 e. The van der Waals surface area contributed by atoms with Crippen molar-refractivity contribution in [2.24, 2.45) is 0 Å². The van der Waals surface area contributed by atoms with Crippen LogP contribution in [0.3, 0.4) is 0 Å². The smallest absolute Gasteiger partial charge is 0.197 e. The number of carbonyl (C=O) groups excluding carboxylic acids is 1. The van der Waals surface area contributed by atoms with E-state index in [9.17, 15) is 4.79 Å². The number of benzene rings is 1. The van der Waals surface area contributed by atoms with Crippen LogP contribution >= 0.6 is 0 Å². The summed E-state index contributed by atoms with van der Waals surface area (Å²) in [5, 5.41) is 0.0742.